The lowest BCUT2D eigenvalue weighted by Crippen LogP contribution is -2.42. The minimum absolute atomic E-state index is 0.252. The van der Waals surface area contributed by atoms with Gasteiger partial charge in [0.15, 0.2) is 0 Å². The van der Waals surface area contributed by atoms with Crippen LogP contribution in [0.4, 0.5) is 5.69 Å². The van der Waals surface area contributed by atoms with E-state index in [1.165, 1.54) is 4.68 Å². The van der Waals surface area contributed by atoms with Crippen LogP contribution in [0.5, 0.6) is 0 Å². The molecule has 0 bridgehead atoms. The number of rotatable bonds is 4. The van der Waals surface area contributed by atoms with Gasteiger partial charge in [-0.3, -0.25) is 9.48 Å². The van der Waals surface area contributed by atoms with Gasteiger partial charge in [-0.1, -0.05) is 6.92 Å². The highest BCUT2D eigenvalue weighted by molar-refractivity contribution is 6.00. The zero-order valence-electron chi connectivity index (χ0n) is 12.8. The first-order chi connectivity index (χ1) is 10.0. The summed E-state index contributed by atoms with van der Waals surface area (Å²) in [5.74, 6) is -0.599. The first kappa shape index (κ1) is 15.3. The lowest BCUT2D eigenvalue weighted by atomic mass is 10.2. The largest absolute Gasteiger partial charge is 0.464 e. The van der Waals surface area contributed by atoms with Crippen molar-refractivity contribution in [3.05, 3.63) is 11.4 Å². The number of anilines is 1. The van der Waals surface area contributed by atoms with Crippen molar-refractivity contribution >= 4 is 17.6 Å². The Labute approximate surface area is 124 Å². The number of nitrogen functional groups attached to an aromatic ring is 1. The van der Waals surface area contributed by atoms with Crippen molar-refractivity contribution in [2.75, 3.05) is 18.9 Å². The summed E-state index contributed by atoms with van der Waals surface area (Å²) in [6.07, 6.45) is 2.07. The third-order valence-corrected chi connectivity index (χ3v) is 3.77. The molecule has 1 unspecified atom stereocenters. The van der Waals surface area contributed by atoms with Gasteiger partial charge in [0.25, 0.3) is 5.91 Å². The number of likely N-dealkylation sites (tertiary alicyclic amines) is 1. The number of aromatic nitrogens is 2. The molecule has 1 fully saturated rings. The first-order valence-electron chi connectivity index (χ1n) is 7.30. The molecule has 2 N–H and O–H groups in total. The topological polar surface area (TPSA) is 90.4 Å². The standard InChI is InChI=1S/C14H22N4O3/c1-4-9-11(15)12(17(3)16-9)13(19)18-8-6-7-10(18)14(20)21-5-2/h10H,4-8,15H2,1-3H3. The van der Waals surface area contributed by atoms with Gasteiger partial charge in [-0.2, -0.15) is 5.10 Å². The normalized spacial score (nSPS) is 18.0. The zero-order chi connectivity index (χ0) is 15.6. The van der Waals surface area contributed by atoms with Crippen LogP contribution >= 0.6 is 0 Å². The monoisotopic (exact) mass is 294 g/mol. The average Bonchev–Trinajstić information content (AvgIpc) is 3.03. The fourth-order valence-electron chi connectivity index (χ4n) is 2.74. The third kappa shape index (κ3) is 2.72. The van der Waals surface area contributed by atoms with E-state index in [2.05, 4.69) is 5.10 Å². The smallest absolute Gasteiger partial charge is 0.328 e. The van der Waals surface area contributed by atoms with Crippen molar-refractivity contribution in [3.63, 3.8) is 0 Å². The summed E-state index contributed by atoms with van der Waals surface area (Å²) < 4.78 is 6.54. The van der Waals surface area contributed by atoms with Crippen molar-refractivity contribution in [2.45, 2.75) is 39.2 Å². The van der Waals surface area contributed by atoms with E-state index in [0.717, 1.165) is 6.42 Å². The van der Waals surface area contributed by atoms with Crippen molar-refractivity contribution in [2.24, 2.45) is 7.05 Å². The predicted molar refractivity (Wildman–Crippen MR) is 77.7 cm³/mol. The average molecular weight is 294 g/mol. The fraction of sp³-hybridized carbons (Fsp3) is 0.643. The van der Waals surface area contributed by atoms with Gasteiger partial charge in [-0.05, 0) is 26.2 Å². The lowest BCUT2D eigenvalue weighted by molar-refractivity contribution is -0.147. The Morgan fingerprint density at radius 3 is 2.71 bits per heavy atom. The maximum absolute atomic E-state index is 12.7. The number of aryl methyl sites for hydroxylation is 2. The molecular formula is C14H22N4O3. The Kier molecular flexibility index (Phi) is 4.50. The molecule has 1 saturated heterocycles. The number of esters is 1. The van der Waals surface area contributed by atoms with Gasteiger partial charge >= 0.3 is 5.97 Å². The number of nitrogens with two attached hydrogens (primary N) is 1. The van der Waals surface area contributed by atoms with Gasteiger partial charge in [0, 0.05) is 13.6 Å². The molecule has 0 radical (unpaired) electrons. The second-order valence-electron chi connectivity index (χ2n) is 5.09. The number of carbonyl (C=O) groups is 2. The summed E-state index contributed by atoms with van der Waals surface area (Å²) in [5, 5.41) is 4.26. The summed E-state index contributed by atoms with van der Waals surface area (Å²) >= 11 is 0. The number of amides is 1. The van der Waals surface area contributed by atoms with Gasteiger partial charge in [-0.15, -0.1) is 0 Å². The van der Waals surface area contributed by atoms with Crippen molar-refractivity contribution < 1.29 is 14.3 Å². The van der Waals surface area contributed by atoms with Gasteiger partial charge < -0.3 is 15.4 Å². The van der Waals surface area contributed by atoms with E-state index in [1.807, 2.05) is 6.92 Å². The van der Waals surface area contributed by atoms with Gasteiger partial charge in [0.2, 0.25) is 0 Å². The van der Waals surface area contributed by atoms with Gasteiger partial charge in [0.1, 0.15) is 11.7 Å². The quantitative estimate of drug-likeness (QED) is 0.827. The van der Waals surface area contributed by atoms with E-state index < -0.39 is 6.04 Å². The molecular weight excluding hydrogens is 272 g/mol. The molecule has 7 heteroatoms. The summed E-state index contributed by atoms with van der Waals surface area (Å²) in [6.45, 7) is 4.54. The minimum Gasteiger partial charge on any atom is -0.464 e. The van der Waals surface area contributed by atoms with Crippen molar-refractivity contribution in [1.29, 1.82) is 0 Å². The van der Waals surface area contributed by atoms with E-state index in [1.54, 1.807) is 18.9 Å². The summed E-state index contributed by atoms with van der Waals surface area (Å²) in [5.41, 5.74) is 7.47. The van der Waals surface area contributed by atoms with Gasteiger partial charge in [-0.25, -0.2) is 4.79 Å². The Bertz CT molecular complexity index is 553. The number of hydrogen-bond donors (Lipinski definition) is 1. The van der Waals surface area contributed by atoms with Crippen LogP contribution < -0.4 is 5.73 Å². The molecule has 1 amide bonds. The van der Waals surface area contributed by atoms with Crippen molar-refractivity contribution in [1.82, 2.24) is 14.7 Å². The van der Waals surface area contributed by atoms with Crippen LogP contribution in [0.15, 0.2) is 0 Å². The van der Waals surface area contributed by atoms with Crippen LogP contribution in [0.2, 0.25) is 0 Å². The first-order valence-corrected chi connectivity index (χ1v) is 7.30. The molecule has 0 saturated carbocycles. The van der Waals surface area contributed by atoms with Crippen LogP contribution in [-0.4, -0.2) is 45.8 Å². The second kappa shape index (κ2) is 6.15. The van der Waals surface area contributed by atoms with Crippen LogP contribution in [0.25, 0.3) is 0 Å². The molecule has 2 heterocycles. The Morgan fingerprint density at radius 1 is 1.43 bits per heavy atom. The Hall–Kier alpha value is -2.05. The van der Waals surface area contributed by atoms with Gasteiger partial charge in [0.05, 0.1) is 18.0 Å². The molecule has 0 spiro atoms. The van der Waals surface area contributed by atoms with Crippen LogP contribution in [0.1, 0.15) is 42.9 Å². The molecule has 0 aromatic carbocycles. The lowest BCUT2D eigenvalue weighted by Gasteiger charge is -2.23. The highest BCUT2D eigenvalue weighted by Crippen LogP contribution is 2.25. The molecule has 0 aliphatic carbocycles. The zero-order valence-corrected chi connectivity index (χ0v) is 12.8. The third-order valence-electron chi connectivity index (χ3n) is 3.77. The highest BCUT2D eigenvalue weighted by Gasteiger charge is 2.37. The molecule has 2 rings (SSSR count). The van der Waals surface area contributed by atoms with E-state index in [-0.39, 0.29) is 11.9 Å². The fourth-order valence-corrected chi connectivity index (χ4v) is 2.74. The predicted octanol–water partition coefficient (Wildman–Crippen LogP) is 0.732. The SMILES string of the molecule is CCOC(=O)C1CCCN1C(=O)c1c(N)c(CC)nn1C. The maximum atomic E-state index is 12.7. The van der Waals surface area contributed by atoms with Crippen LogP contribution in [0, 0.1) is 0 Å². The van der Waals surface area contributed by atoms with E-state index in [4.69, 9.17) is 10.5 Å². The molecule has 116 valence electrons. The van der Waals surface area contributed by atoms with E-state index >= 15 is 0 Å². The summed E-state index contributed by atoms with van der Waals surface area (Å²) in [7, 11) is 1.69. The molecule has 1 aromatic heterocycles. The molecule has 7 nitrogen and oxygen atoms in total. The highest BCUT2D eigenvalue weighted by atomic mass is 16.5. The Morgan fingerprint density at radius 2 is 2.14 bits per heavy atom. The molecule has 1 aromatic rings. The van der Waals surface area contributed by atoms with Crippen molar-refractivity contribution in [3.8, 4) is 0 Å². The number of nitrogens with zero attached hydrogens (tertiary/aromatic N) is 3. The number of hydrogen-bond acceptors (Lipinski definition) is 5. The van der Waals surface area contributed by atoms with E-state index in [0.29, 0.717) is 43.1 Å². The molecule has 1 aliphatic heterocycles. The van der Waals surface area contributed by atoms with Crippen LogP contribution in [-0.2, 0) is 23.0 Å². The Balaban J connectivity index is 2.27. The molecule has 1 aliphatic rings. The summed E-state index contributed by atoms with van der Waals surface area (Å²) in [4.78, 5) is 26.2. The summed E-state index contributed by atoms with van der Waals surface area (Å²) in [6, 6.07) is -0.517. The number of carbonyl (C=O) groups excluding carboxylic acids is 2. The maximum Gasteiger partial charge on any atom is 0.328 e. The van der Waals surface area contributed by atoms with Crippen LogP contribution in [0.3, 0.4) is 0 Å². The molecule has 1 atom stereocenters. The number of ether oxygens (including phenoxy) is 1. The van der Waals surface area contributed by atoms with E-state index in [9.17, 15) is 9.59 Å². The molecule has 21 heavy (non-hydrogen) atoms. The second-order valence-corrected chi connectivity index (χ2v) is 5.09. The minimum atomic E-state index is -0.517.